The van der Waals surface area contributed by atoms with Crippen LogP contribution in [0.25, 0.3) is 16.9 Å². The molecule has 0 bridgehead atoms. The standard InChI is InChI=1S/C35H38N6O2/c1-24-29(6-5-7-30(24)39-34(42)26-10-12-27(13-11-26)35(2,3)4)31-23-41-17-16-36-33(41)32(38-31)37-28-14-8-25(9-15-28)22-40-18-20-43-21-19-40/h5-17,23H,18-22H2,1-4H3,(H,37,38)(H,39,42). The van der Waals surface area contributed by atoms with E-state index in [2.05, 4.69) is 65.6 Å². The Labute approximate surface area is 252 Å². The normalized spacial score (nSPS) is 14.1. The largest absolute Gasteiger partial charge is 0.379 e. The SMILES string of the molecule is Cc1c(NC(=O)c2ccc(C(C)(C)C)cc2)cccc1-c1cn2ccnc2c(Nc2ccc(CN3CCOCC3)cc2)n1. The monoisotopic (exact) mass is 574 g/mol. The molecule has 0 spiro atoms. The van der Waals surface area contributed by atoms with E-state index in [0.717, 1.165) is 66.7 Å². The lowest BCUT2D eigenvalue weighted by atomic mass is 9.86. The molecule has 1 aliphatic heterocycles. The Morgan fingerprint density at radius 1 is 0.977 bits per heavy atom. The molecule has 3 heterocycles. The smallest absolute Gasteiger partial charge is 0.255 e. The summed E-state index contributed by atoms with van der Waals surface area (Å²) in [6.07, 6.45) is 5.66. The minimum absolute atomic E-state index is 0.0312. The lowest BCUT2D eigenvalue weighted by Crippen LogP contribution is -2.35. The molecule has 2 N–H and O–H groups in total. The Morgan fingerprint density at radius 2 is 1.72 bits per heavy atom. The maximum Gasteiger partial charge on any atom is 0.255 e. The molecule has 0 radical (unpaired) electrons. The van der Waals surface area contributed by atoms with E-state index in [1.807, 2.05) is 66.2 Å². The molecule has 0 saturated carbocycles. The first kappa shape index (κ1) is 28.6. The van der Waals surface area contributed by atoms with Crippen molar-refractivity contribution >= 4 is 28.7 Å². The number of rotatable bonds is 7. The van der Waals surface area contributed by atoms with E-state index in [9.17, 15) is 4.79 Å². The lowest BCUT2D eigenvalue weighted by molar-refractivity contribution is 0.0342. The van der Waals surface area contributed by atoms with Gasteiger partial charge in [0, 0.05) is 60.7 Å². The molecule has 8 nitrogen and oxygen atoms in total. The number of benzene rings is 3. The van der Waals surface area contributed by atoms with Crippen LogP contribution in [0.15, 0.2) is 85.3 Å². The van der Waals surface area contributed by atoms with Crippen LogP contribution in [0.1, 0.15) is 47.8 Å². The van der Waals surface area contributed by atoms with E-state index in [4.69, 9.17) is 9.72 Å². The van der Waals surface area contributed by atoms with Crippen molar-refractivity contribution in [3.05, 3.63) is 108 Å². The van der Waals surface area contributed by atoms with Gasteiger partial charge in [0.2, 0.25) is 0 Å². The highest BCUT2D eigenvalue weighted by molar-refractivity contribution is 6.05. The Hall–Kier alpha value is -4.53. The zero-order valence-corrected chi connectivity index (χ0v) is 25.2. The third kappa shape index (κ3) is 6.45. The first-order valence-electron chi connectivity index (χ1n) is 14.8. The Balaban J connectivity index is 1.23. The highest BCUT2D eigenvalue weighted by atomic mass is 16.5. The fourth-order valence-electron chi connectivity index (χ4n) is 5.36. The van der Waals surface area contributed by atoms with Gasteiger partial charge in [0.05, 0.1) is 18.9 Å². The third-order valence-corrected chi connectivity index (χ3v) is 7.97. The van der Waals surface area contributed by atoms with E-state index >= 15 is 0 Å². The molecule has 6 rings (SSSR count). The lowest BCUT2D eigenvalue weighted by Gasteiger charge is -2.26. The number of carbonyl (C=O) groups excluding carboxylic acids is 1. The van der Waals surface area contributed by atoms with Gasteiger partial charge in [-0.05, 0) is 59.4 Å². The van der Waals surface area contributed by atoms with Gasteiger partial charge in [-0.3, -0.25) is 9.69 Å². The molecule has 220 valence electrons. The highest BCUT2D eigenvalue weighted by Crippen LogP contribution is 2.31. The van der Waals surface area contributed by atoms with E-state index in [0.29, 0.717) is 11.4 Å². The summed E-state index contributed by atoms with van der Waals surface area (Å²) >= 11 is 0. The summed E-state index contributed by atoms with van der Waals surface area (Å²) in [7, 11) is 0. The van der Waals surface area contributed by atoms with E-state index in [1.54, 1.807) is 6.20 Å². The molecule has 2 aromatic heterocycles. The number of imidazole rings is 1. The summed E-state index contributed by atoms with van der Waals surface area (Å²) in [6.45, 7) is 12.9. The number of ether oxygens (including phenoxy) is 1. The van der Waals surface area contributed by atoms with E-state index in [-0.39, 0.29) is 11.3 Å². The van der Waals surface area contributed by atoms with Crippen LogP contribution in [0.2, 0.25) is 0 Å². The average molecular weight is 575 g/mol. The van der Waals surface area contributed by atoms with Crippen molar-refractivity contribution in [2.75, 3.05) is 36.9 Å². The van der Waals surface area contributed by atoms with E-state index in [1.165, 1.54) is 11.1 Å². The number of nitrogens with one attached hydrogen (secondary N) is 2. The topological polar surface area (TPSA) is 83.8 Å². The van der Waals surface area contributed by atoms with Crippen molar-refractivity contribution in [3.8, 4) is 11.3 Å². The molecule has 43 heavy (non-hydrogen) atoms. The number of carbonyl (C=O) groups is 1. The second kappa shape index (κ2) is 12.0. The predicted octanol–water partition coefficient (Wildman–Crippen LogP) is 6.83. The summed E-state index contributed by atoms with van der Waals surface area (Å²) < 4.78 is 7.44. The fourth-order valence-corrected chi connectivity index (χ4v) is 5.36. The van der Waals surface area contributed by atoms with Gasteiger partial charge in [-0.15, -0.1) is 0 Å². The van der Waals surface area contributed by atoms with Gasteiger partial charge in [-0.25, -0.2) is 9.97 Å². The van der Waals surface area contributed by atoms with Gasteiger partial charge >= 0.3 is 0 Å². The summed E-state index contributed by atoms with van der Waals surface area (Å²) in [6, 6.07) is 22.2. The van der Waals surface area contributed by atoms with Crippen LogP contribution in [0, 0.1) is 6.92 Å². The number of nitrogens with zero attached hydrogens (tertiary/aromatic N) is 4. The number of hydrogen-bond acceptors (Lipinski definition) is 6. The Kier molecular flexibility index (Phi) is 7.97. The number of fused-ring (bicyclic) bond motifs is 1. The number of aromatic nitrogens is 3. The zero-order chi connectivity index (χ0) is 30.0. The molecule has 5 aromatic rings. The molecule has 1 aliphatic rings. The van der Waals surface area contributed by atoms with Crippen LogP contribution in [-0.2, 0) is 16.7 Å². The van der Waals surface area contributed by atoms with Gasteiger partial charge in [0.1, 0.15) is 0 Å². The van der Waals surface area contributed by atoms with Crippen molar-refractivity contribution < 1.29 is 9.53 Å². The molecular weight excluding hydrogens is 536 g/mol. The Bertz CT molecular complexity index is 1730. The summed E-state index contributed by atoms with van der Waals surface area (Å²) in [5.74, 6) is 0.523. The van der Waals surface area contributed by atoms with Crippen molar-refractivity contribution in [3.63, 3.8) is 0 Å². The number of amides is 1. The maximum atomic E-state index is 13.2. The Morgan fingerprint density at radius 3 is 2.44 bits per heavy atom. The molecule has 0 unspecified atom stereocenters. The molecule has 3 aromatic carbocycles. The van der Waals surface area contributed by atoms with Crippen molar-refractivity contribution in [2.45, 2.75) is 39.7 Å². The van der Waals surface area contributed by atoms with Gasteiger partial charge in [0.25, 0.3) is 5.91 Å². The highest BCUT2D eigenvalue weighted by Gasteiger charge is 2.17. The number of hydrogen-bond donors (Lipinski definition) is 2. The molecule has 1 saturated heterocycles. The van der Waals surface area contributed by atoms with Gasteiger partial charge < -0.3 is 19.8 Å². The number of morpholine rings is 1. The van der Waals surface area contributed by atoms with Crippen molar-refractivity contribution in [1.29, 1.82) is 0 Å². The van der Waals surface area contributed by atoms with Crippen LogP contribution in [-0.4, -0.2) is 51.5 Å². The first-order chi connectivity index (χ1) is 20.7. The van der Waals surface area contributed by atoms with Crippen LogP contribution in [0.3, 0.4) is 0 Å². The van der Waals surface area contributed by atoms with Crippen molar-refractivity contribution in [2.24, 2.45) is 0 Å². The van der Waals surface area contributed by atoms with Crippen LogP contribution in [0.4, 0.5) is 17.2 Å². The average Bonchev–Trinajstić information content (AvgIpc) is 3.49. The van der Waals surface area contributed by atoms with Crippen LogP contribution in [0.5, 0.6) is 0 Å². The van der Waals surface area contributed by atoms with Crippen LogP contribution < -0.4 is 10.6 Å². The number of anilines is 3. The molecule has 8 heteroatoms. The fraction of sp³-hybridized carbons (Fsp3) is 0.286. The summed E-state index contributed by atoms with van der Waals surface area (Å²) in [4.78, 5) is 25.1. The predicted molar refractivity (Wildman–Crippen MR) is 172 cm³/mol. The third-order valence-electron chi connectivity index (χ3n) is 7.97. The second-order valence-corrected chi connectivity index (χ2v) is 12.1. The van der Waals surface area contributed by atoms with Crippen molar-refractivity contribution in [1.82, 2.24) is 19.3 Å². The quantitative estimate of drug-likeness (QED) is 0.222. The minimum Gasteiger partial charge on any atom is -0.379 e. The first-order valence-corrected chi connectivity index (χ1v) is 14.8. The van der Waals surface area contributed by atoms with E-state index < -0.39 is 0 Å². The molecule has 0 atom stereocenters. The zero-order valence-electron chi connectivity index (χ0n) is 25.2. The second-order valence-electron chi connectivity index (χ2n) is 12.1. The van der Waals surface area contributed by atoms with Gasteiger partial charge in [-0.2, -0.15) is 0 Å². The van der Waals surface area contributed by atoms with Crippen LogP contribution >= 0.6 is 0 Å². The molecule has 1 amide bonds. The summed E-state index contributed by atoms with van der Waals surface area (Å²) in [5, 5.41) is 6.58. The van der Waals surface area contributed by atoms with Gasteiger partial charge in [0.15, 0.2) is 11.5 Å². The molecule has 1 fully saturated rings. The summed E-state index contributed by atoms with van der Waals surface area (Å²) in [5.41, 5.74) is 8.18. The molecule has 0 aliphatic carbocycles. The molecular formula is C35H38N6O2. The minimum atomic E-state index is -0.141. The maximum absolute atomic E-state index is 13.2. The van der Waals surface area contributed by atoms with Gasteiger partial charge in [-0.1, -0.05) is 57.2 Å².